The van der Waals surface area contributed by atoms with E-state index < -0.39 is 0 Å². The third-order valence-electron chi connectivity index (χ3n) is 10.0. The minimum Gasteiger partial charge on any atom is -0.310 e. The van der Waals surface area contributed by atoms with Gasteiger partial charge in [0.05, 0.1) is 11.4 Å². The Labute approximate surface area is 278 Å². The lowest BCUT2D eigenvalue weighted by atomic mass is 9.70. The minimum absolute atomic E-state index is 0.208. The van der Waals surface area contributed by atoms with Crippen LogP contribution in [0.15, 0.2) is 113 Å². The summed E-state index contributed by atoms with van der Waals surface area (Å²) >= 11 is 0. The van der Waals surface area contributed by atoms with Gasteiger partial charge in [0.15, 0.2) is 0 Å². The van der Waals surface area contributed by atoms with Crippen molar-refractivity contribution in [1.82, 2.24) is 0 Å². The minimum atomic E-state index is -0.208. The summed E-state index contributed by atoms with van der Waals surface area (Å²) < 4.78 is 0. The van der Waals surface area contributed by atoms with Crippen LogP contribution in [0.5, 0.6) is 0 Å². The molecule has 232 valence electrons. The summed E-state index contributed by atoms with van der Waals surface area (Å²) in [6, 6.07) is 37.1. The van der Waals surface area contributed by atoms with E-state index in [1.165, 1.54) is 22.3 Å². The molecule has 2 aliphatic carbocycles. The number of hydrogen-bond acceptors (Lipinski definition) is 3. The van der Waals surface area contributed by atoms with Gasteiger partial charge in [-0.15, -0.1) is 0 Å². The molecule has 0 spiro atoms. The van der Waals surface area contributed by atoms with E-state index in [2.05, 4.69) is 149 Å². The summed E-state index contributed by atoms with van der Waals surface area (Å²) in [6.07, 6.45) is 3.78. The van der Waals surface area contributed by atoms with Crippen molar-refractivity contribution in [2.45, 2.75) is 52.4 Å². The lowest BCUT2D eigenvalue weighted by Gasteiger charge is -2.36. The monoisotopic (exact) mass is 611 g/mol. The first-order valence-electron chi connectivity index (χ1n) is 16.4. The first kappa shape index (κ1) is 30.4. The lowest BCUT2D eigenvalue weighted by molar-refractivity contribution is 0.626. The van der Waals surface area contributed by atoms with Crippen LogP contribution in [0.4, 0.5) is 17.1 Å². The van der Waals surface area contributed by atoms with Crippen molar-refractivity contribution >= 4 is 54.0 Å². The fourth-order valence-corrected chi connectivity index (χ4v) is 7.74. The van der Waals surface area contributed by atoms with E-state index in [0.717, 1.165) is 60.5 Å². The molecule has 0 bridgehead atoms. The topological polar surface area (TPSA) is 28.0 Å². The van der Waals surface area contributed by atoms with Crippen LogP contribution < -0.4 is 25.8 Å². The van der Waals surface area contributed by atoms with Gasteiger partial charge in [0.25, 0.3) is 0 Å². The zero-order chi connectivity index (χ0) is 33.1. The van der Waals surface area contributed by atoms with Gasteiger partial charge in [-0.1, -0.05) is 108 Å². The van der Waals surface area contributed by atoms with Gasteiger partial charge in [-0.25, -0.2) is 0 Å². The maximum Gasteiger partial charge on any atom is 0.0782 e. The van der Waals surface area contributed by atoms with E-state index in [9.17, 15) is 0 Å². The predicted molar refractivity (Wildman–Crippen MR) is 201 cm³/mol. The van der Waals surface area contributed by atoms with E-state index >= 15 is 0 Å². The molecule has 0 aromatic heterocycles. The quantitative estimate of drug-likeness (QED) is 0.187. The summed E-state index contributed by atoms with van der Waals surface area (Å²) in [5.41, 5.74) is 12.0. The van der Waals surface area contributed by atoms with Crippen molar-refractivity contribution < 1.29 is 0 Å². The SMILES string of the molecule is C=c1cccc2c1=C(N=CC)c1cc(N(c3ccccc3)c3ccc4c(c3)C(N=CC)=c3c(cccc3=C)C4(C)C)ccc1C2(C)C. The van der Waals surface area contributed by atoms with Gasteiger partial charge in [-0.2, -0.15) is 0 Å². The van der Waals surface area contributed by atoms with Gasteiger partial charge >= 0.3 is 0 Å². The molecular formula is C44H41N3. The molecule has 0 amide bonds. The standard InChI is InChI=1S/C44H41N3/c1-9-45-41-33-26-31(22-24-35(33)43(5,6)37-20-14-16-28(3)39(37)41)47(30-18-12-11-13-19-30)32-23-25-36-34(27-32)42(46-10-2)40-29(4)17-15-21-38(40)44(36,7)8/h9-27H,3-4H2,1-2,5-8H3. The van der Waals surface area contributed by atoms with Crippen LogP contribution in [-0.2, 0) is 10.8 Å². The summed E-state index contributed by atoms with van der Waals surface area (Å²) in [6.45, 7) is 22.0. The summed E-state index contributed by atoms with van der Waals surface area (Å²) in [5.74, 6) is 0. The fourth-order valence-electron chi connectivity index (χ4n) is 7.74. The molecule has 47 heavy (non-hydrogen) atoms. The number of fused-ring (bicyclic) bond motifs is 4. The molecule has 0 saturated carbocycles. The summed E-state index contributed by atoms with van der Waals surface area (Å²) in [7, 11) is 0. The van der Waals surface area contributed by atoms with Crippen LogP contribution in [0.25, 0.3) is 24.6 Å². The van der Waals surface area contributed by atoms with Gasteiger partial charge in [0, 0.05) is 61.9 Å². The Kier molecular flexibility index (Phi) is 7.24. The van der Waals surface area contributed by atoms with Crippen molar-refractivity contribution in [2.24, 2.45) is 9.98 Å². The Morgan fingerprint density at radius 2 is 0.957 bits per heavy atom. The van der Waals surface area contributed by atoms with Gasteiger partial charge in [-0.05, 0) is 82.9 Å². The average Bonchev–Trinajstić information content (AvgIpc) is 3.06. The highest BCUT2D eigenvalue weighted by Crippen LogP contribution is 2.45. The predicted octanol–water partition coefficient (Wildman–Crippen LogP) is 7.75. The second-order valence-corrected chi connectivity index (χ2v) is 13.5. The Hall–Kier alpha value is -5.28. The summed E-state index contributed by atoms with van der Waals surface area (Å²) in [4.78, 5) is 12.3. The largest absolute Gasteiger partial charge is 0.310 e. The number of nitrogens with zero attached hydrogens (tertiary/aromatic N) is 3. The van der Waals surface area contributed by atoms with Gasteiger partial charge in [0.2, 0.25) is 0 Å². The molecule has 0 N–H and O–H groups in total. The molecule has 0 heterocycles. The number of benzene rings is 5. The van der Waals surface area contributed by atoms with Crippen LogP contribution >= 0.6 is 0 Å². The zero-order valence-corrected chi connectivity index (χ0v) is 28.2. The zero-order valence-electron chi connectivity index (χ0n) is 28.2. The first-order valence-corrected chi connectivity index (χ1v) is 16.4. The third-order valence-corrected chi connectivity index (χ3v) is 10.0. The van der Waals surface area contributed by atoms with E-state index in [1.54, 1.807) is 0 Å². The number of para-hydroxylation sites is 1. The van der Waals surface area contributed by atoms with Crippen LogP contribution in [0.1, 0.15) is 74.9 Å². The van der Waals surface area contributed by atoms with E-state index in [1.807, 2.05) is 26.3 Å². The van der Waals surface area contributed by atoms with E-state index in [-0.39, 0.29) is 10.8 Å². The number of hydrogen-bond donors (Lipinski definition) is 0. The smallest absolute Gasteiger partial charge is 0.0782 e. The molecule has 5 aromatic carbocycles. The van der Waals surface area contributed by atoms with Crippen molar-refractivity contribution in [2.75, 3.05) is 4.90 Å². The number of aliphatic imine (C=N–C) groups is 2. The highest BCUT2D eigenvalue weighted by atomic mass is 15.1. The van der Waals surface area contributed by atoms with E-state index in [4.69, 9.17) is 9.98 Å². The van der Waals surface area contributed by atoms with Crippen molar-refractivity contribution in [3.05, 3.63) is 157 Å². The highest BCUT2D eigenvalue weighted by molar-refractivity contribution is 5.86. The number of anilines is 3. The second-order valence-electron chi connectivity index (χ2n) is 13.5. The molecule has 2 aliphatic rings. The molecule has 3 nitrogen and oxygen atoms in total. The fraction of sp³-hybridized carbons (Fsp3) is 0.182. The Balaban J connectivity index is 1.52. The molecule has 0 unspecified atom stereocenters. The normalized spacial score (nSPS) is 15.7. The third kappa shape index (κ3) is 4.64. The maximum atomic E-state index is 4.98. The van der Waals surface area contributed by atoms with Gasteiger partial charge < -0.3 is 4.90 Å². The van der Waals surface area contributed by atoms with Crippen molar-refractivity contribution in [3.63, 3.8) is 0 Å². The molecule has 5 aromatic rings. The van der Waals surface area contributed by atoms with Crippen LogP contribution in [0.2, 0.25) is 0 Å². The van der Waals surface area contributed by atoms with Crippen molar-refractivity contribution in [3.8, 4) is 0 Å². The molecular weight excluding hydrogens is 571 g/mol. The molecule has 0 saturated heterocycles. The van der Waals surface area contributed by atoms with Gasteiger partial charge in [-0.3, -0.25) is 9.98 Å². The average molecular weight is 612 g/mol. The second kappa shape index (κ2) is 11.2. The summed E-state index contributed by atoms with van der Waals surface area (Å²) in [5, 5.41) is 4.24. The van der Waals surface area contributed by atoms with Crippen molar-refractivity contribution in [1.29, 1.82) is 0 Å². The van der Waals surface area contributed by atoms with Gasteiger partial charge in [0.1, 0.15) is 0 Å². The van der Waals surface area contributed by atoms with E-state index in [0.29, 0.717) is 0 Å². The van der Waals surface area contributed by atoms with Crippen LogP contribution in [-0.4, -0.2) is 12.4 Å². The Morgan fingerprint density at radius 3 is 1.38 bits per heavy atom. The highest BCUT2D eigenvalue weighted by Gasteiger charge is 2.35. The molecule has 0 radical (unpaired) electrons. The first-order chi connectivity index (χ1) is 22.6. The molecule has 0 aliphatic heterocycles. The molecule has 7 rings (SSSR count). The van der Waals surface area contributed by atoms with Crippen LogP contribution in [0.3, 0.4) is 0 Å². The lowest BCUT2D eigenvalue weighted by Crippen LogP contribution is -2.41. The molecule has 0 atom stereocenters. The molecule has 3 heteroatoms. The Bertz CT molecular complexity index is 2210. The number of rotatable bonds is 5. The van der Waals surface area contributed by atoms with Crippen LogP contribution in [0, 0.1) is 0 Å². The Morgan fingerprint density at radius 1 is 0.511 bits per heavy atom. The maximum absolute atomic E-state index is 4.98. The molecule has 0 fully saturated rings.